The third-order valence-corrected chi connectivity index (χ3v) is 2.69. The largest absolute Gasteiger partial charge is 0.399 e. The number of nitrogen functional groups attached to an aromatic ring is 1. The summed E-state index contributed by atoms with van der Waals surface area (Å²) in [5, 5.41) is 4.31. The molecule has 2 aromatic heterocycles. The van der Waals surface area contributed by atoms with Crippen LogP contribution < -0.4 is 5.73 Å². The van der Waals surface area contributed by atoms with Crippen LogP contribution in [-0.4, -0.2) is 14.8 Å². The van der Waals surface area contributed by atoms with Gasteiger partial charge in [-0.05, 0) is 29.8 Å². The van der Waals surface area contributed by atoms with Gasteiger partial charge in [-0.1, -0.05) is 18.2 Å². The van der Waals surface area contributed by atoms with Gasteiger partial charge in [-0.2, -0.15) is 5.10 Å². The van der Waals surface area contributed by atoms with E-state index >= 15 is 0 Å². The summed E-state index contributed by atoms with van der Waals surface area (Å²) < 4.78 is 1.75. The van der Waals surface area contributed by atoms with Gasteiger partial charge in [-0.3, -0.25) is 0 Å². The number of nitrogens with zero attached hydrogens (tertiary/aromatic N) is 3. The molecule has 0 aliphatic heterocycles. The molecule has 0 fully saturated rings. The number of rotatable bonds is 2. The maximum atomic E-state index is 5.77. The fourth-order valence-electron chi connectivity index (χ4n) is 1.80. The molecule has 0 unspecified atom stereocenters. The van der Waals surface area contributed by atoms with E-state index in [1.165, 1.54) is 0 Å². The Labute approximate surface area is 105 Å². The van der Waals surface area contributed by atoms with Crippen molar-refractivity contribution in [1.82, 2.24) is 14.8 Å². The molecule has 0 spiro atoms. The maximum absolute atomic E-state index is 5.77. The molecule has 0 atom stereocenters. The van der Waals surface area contributed by atoms with Crippen LogP contribution in [0.1, 0.15) is 0 Å². The van der Waals surface area contributed by atoms with E-state index in [9.17, 15) is 0 Å². The predicted octanol–water partition coefficient (Wildman–Crippen LogP) is 2.52. The topological polar surface area (TPSA) is 56.7 Å². The molecule has 3 aromatic rings. The molecule has 0 radical (unpaired) electrons. The number of benzene rings is 1. The van der Waals surface area contributed by atoms with Gasteiger partial charge in [0.05, 0.1) is 6.20 Å². The number of nitrogens with two attached hydrogens (primary N) is 1. The second kappa shape index (κ2) is 4.33. The van der Waals surface area contributed by atoms with Crippen molar-refractivity contribution in [3.8, 4) is 16.9 Å². The molecule has 88 valence electrons. The molecule has 3 rings (SSSR count). The Kier molecular flexibility index (Phi) is 2.53. The Bertz CT molecular complexity index is 658. The summed E-state index contributed by atoms with van der Waals surface area (Å²) in [4.78, 5) is 4.25. The van der Waals surface area contributed by atoms with Crippen molar-refractivity contribution in [1.29, 1.82) is 0 Å². The van der Waals surface area contributed by atoms with Crippen molar-refractivity contribution in [2.45, 2.75) is 0 Å². The lowest BCUT2D eigenvalue weighted by atomic mass is 10.1. The Hall–Kier alpha value is -2.62. The van der Waals surface area contributed by atoms with Crippen LogP contribution >= 0.6 is 0 Å². The average molecular weight is 236 g/mol. The smallest absolute Gasteiger partial charge is 0.153 e. The quantitative estimate of drug-likeness (QED) is 0.695. The highest BCUT2D eigenvalue weighted by atomic mass is 15.3. The Balaban J connectivity index is 2.00. The van der Waals surface area contributed by atoms with Crippen LogP contribution in [0.5, 0.6) is 0 Å². The molecule has 2 N–H and O–H groups in total. The van der Waals surface area contributed by atoms with Gasteiger partial charge in [0, 0.05) is 23.6 Å². The summed E-state index contributed by atoms with van der Waals surface area (Å²) in [6, 6.07) is 13.5. The normalized spacial score (nSPS) is 10.4. The minimum absolute atomic E-state index is 0.748. The third kappa shape index (κ3) is 1.96. The molecule has 2 heterocycles. The second-order valence-corrected chi connectivity index (χ2v) is 3.99. The molecule has 1 aromatic carbocycles. The van der Waals surface area contributed by atoms with Gasteiger partial charge >= 0.3 is 0 Å². The van der Waals surface area contributed by atoms with Gasteiger partial charge in [0.1, 0.15) is 0 Å². The Morgan fingerprint density at radius 2 is 1.94 bits per heavy atom. The zero-order valence-corrected chi connectivity index (χ0v) is 9.69. The van der Waals surface area contributed by atoms with E-state index in [0.717, 1.165) is 22.6 Å². The monoisotopic (exact) mass is 236 g/mol. The first-order chi connectivity index (χ1) is 8.83. The van der Waals surface area contributed by atoms with Crippen molar-refractivity contribution >= 4 is 5.69 Å². The lowest BCUT2D eigenvalue weighted by Crippen LogP contribution is -1.95. The number of aromatic nitrogens is 3. The van der Waals surface area contributed by atoms with Gasteiger partial charge in [-0.15, -0.1) is 0 Å². The van der Waals surface area contributed by atoms with E-state index in [4.69, 9.17) is 5.73 Å². The molecule has 0 saturated carbocycles. The standard InChI is InChI=1S/C14H12N4/c15-13-5-3-4-11(8-13)12-9-17-18(10-12)14-6-1-2-7-16-14/h1-10H,15H2. The van der Waals surface area contributed by atoms with Crippen molar-refractivity contribution in [2.75, 3.05) is 5.73 Å². The van der Waals surface area contributed by atoms with Crippen LogP contribution in [0.3, 0.4) is 0 Å². The molecule has 0 aliphatic carbocycles. The number of hydrogen-bond donors (Lipinski definition) is 1. The summed E-state index contributed by atoms with van der Waals surface area (Å²) in [7, 11) is 0. The van der Waals surface area contributed by atoms with Crippen molar-refractivity contribution in [2.24, 2.45) is 0 Å². The van der Waals surface area contributed by atoms with Gasteiger partial charge < -0.3 is 5.73 Å². The van der Waals surface area contributed by atoms with Crippen molar-refractivity contribution in [3.05, 3.63) is 61.1 Å². The Morgan fingerprint density at radius 3 is 2.72 bits per heavy atom. The van der Waals surface area contributed by atoms with E-state index in [2.05, 4.69) is 10.1 Å². The minimum Gasteiger partial charge on any atom is -0.399 e. The lowest BCUT2D eigenvalue weighted by Gasteiger charge is -1.99. The first kappa shape index (κ1) is 10.5. The number of hydrogen-bond acceptors (Lipinski definition) is 3. The Morgan fingerprint density at radius 1 is 1.00 bits per heavy atom. The van der Waals surface area contributed by atoms with E-state index in [1.807, 2.05) is 54.9 Å². The van der Waals surface area contributed by atoms with Crippen molar-refractivity contribution < 1.29 is 0 Å². The van der Waals surface area contributed by atoms with Crippen LogP contribution in [0.25, 0.3) is 16.9 Å². The number of anilines is 1. The summed E-state index contributed by atoms with van der Waals surface area (Å²) in [5.74, 6) is 0.799. The summed E-state index contributed by atoms with van der Waals surface area (Å²) in [6.07, 6.45) is 5.50. The SMILES string of the molecule is Nc1cccc(-c2cnn(-c3ccccn3)c2)c1. The molecule has 0 amide bonds. The molecular weight excluding hydrogens is 224 g/mol. The van der Waals surface area contributed by atoms with Crippen LogP contribution in [0.4, 0.5) is 5.69 Å². The fourth-order valence-corrected chi connectivity index (χ4v) is 1.80. The van der Waals surface area contributed by atoms with Crippen LogP contribution in [0, 0.1) is 0 Å². The first-order valence-electron chi connectivity index (χ1n) is 5.65. The summed E-state index contributed by atoms with van der Waals surface area (Å²) in [5.41, 5.74) is 8.60. The predicted molar refractivity (Wildman–Crippen MR) is 71.2 cm³/mol. The third-order valence-electron chi connectivity index (χ3n) is 2.69. The fraction of sp³-hybridized carbons (Fsp3) is 0. The van der Waals surface area contributed by atoms with Crippen LogP contribution in [-0.2, 0) is 0 Å². The molecule has 0 saturated heterocycles. The van der Waals surface area contributed by atoms with Gasteiger partial charge in [0.2, 0.25) is 0 Å². The molecule has 4 heteroatoms. The van der Waals surface area contributed by atoms with Crippen LogP contribution in [0.2, 0.25) is 0 Å². The van der Waals surface area contributed by atoms with Gasteiger partial charge in [-0.25, -0.2) is 9.67 Å². The molecule has 18 heavy (non-hydrogen) atoms. The minimum atomic E-state index is 0.748. The maximum Gasteiger partial charge on any atom is 0.153 e. The van der Waals surface area contributed by atoms with E-state index in [0.29, 0.717) is 0 Å². The van der Waals surface area contributed by atoms with Crippen LogP contribution in [0.15, 0.2) is 61.1 Å². The zero-order chi connectivity index (χ0) is 12.4. The van der Waals surface area contributed by atoms with E-state index < -0.39 is 0 Å². The van der Waals surface area contributed by atoms with Gasteiger partial charge in [0.25, 0.3) is 0 Å². The van der Waals surface area contributed by atoms with Gasteiger partial charge in [0.15, 0.2) is 5.82 Å². The highest BCUT2D eigenvalue weighted by molar-refractivity contribution is 5.66. The second-order valence-electron chi connectivity index (χ2n) is 3.99. The zero-order valence-electron chi connectivity index (χ0n) is 9.69. The molecular formula is C14H12N4. The number of pyridine rings is 1. The summed E-state index contributed by atoms with van der Waals surface area (Å²) >= 11 is 0. The molecule has 0 bridgehead atoms. The lowest BCUT2D eigenvalue weighted by molar-refractivity contribution is 0.847. The first-order valence-corrected chi connectivity index (χ1v) is 5.65. The highest BCUT2D eigenvalue weighted by Gasteiger charge is 2.03. The molecule has 4 nitrogen and oxygen atoms in total. The molecule has 0 aliphatic rings. The van der Waals surface area contributed by atoms with E-state index in [1.54, 1.807) is 10.9 Å². The highest BCUT2D eigenvalue weighted by Crippen LogP contribution is 2.21. The van der Waals surface area contributed by atoms with Crippen molar-refractivity contribution in [3.63, 3.8) is 0 Å². The van der Waals surface area contributed by atoms with E-state index in [-0.39, 0.29) is 0 Å². The summed E-state index contributed by atoms with van der Waals surface area (Å²) in [6.45, 7) is 0. The average Bonchev–Trinajstić information content (AvgIpc) is 2.89.